The Morgan fingerprint density at radius 1 is 1.50 bits per heavy atom. The predicted molar refractivity (Wildman–Crippen MR) is 61.9 cm³/mol. The maximum absolute atomic E-state index is 11.6. The molecule has 3 rings (SSSR count). The van der Waals surface area contributed by atoms with Gasteiger partial charge in [0.2, 0.25) is 11.7 Å². The summed E-state index contributed by atoms with van der Waals surface area (Å²) in [5.74, 6) is 1.42. The second-order valence-electron chi connectivity index (χ2n) is 5.09. The smallest absolute Gasteiger partial charge is 0.234 e. The molecule has 0 bridgehead atoms. The average Bonchev–Trinajstić information content (AvgIpc) is 3.10. The van der Waals surface area contributed by atoms with Crippen LogP contribution < -0.4 is 0 Å². The van der Waals surface area contributed by atoms with E-state index in [-0.39, 0.29) is 24.2 Å². The number of likely N-dealkylation sites (N-methyl/N-ethyl adjacent to an activating group) is 1. The molecule has 1 aromatic heterocycles. The molecule has 0 radical (unpaired) electrons. The van der Waals surface area contributed by atoms with Crippen LogP contribution in [0.2, 0.25) is 0 Å². The number of ether oxygens (including phenoxy) is 1. The quantitative estimate of drug-likeness (QED) is 0.780. The van der Waals surface area contributed by atoms with Gasteiger partial charge in [-0.05, 0) is 19.9 Å². The molecule has 6 heteroatoms. The Morgan fingerprint density at radius 2 is 2.33 bits per heavy atom. The van der Waals surface area contributed by atoms with Crippen molar-refractivity contribution < 1.29 is 14.1 Å². The van der Waals surface area contributed by atoms with Crippen LogP contribution >= 0.6 is 0 Å². The Labute approximate surface area is 105 Å². The number of rotatable bonds is 4. The van der Waals surface area contributed by atoms with Gasteiger partial charge in [0.25, 0.3) is 0 Å². The van der Waals surface area contributed by atoms with E-state index in [1.54, 1.807) is 0 Å². The van der Waals surface area contributed by atoms with Gasteiger partial charge in [0.05, 0.1) is 13.0 Å². The van der Waals surface area contributed by atoms with Crippen molar-refractivity contribution >= 4 is 5.78 Å². The van der Waals surface area contributed by atoms with Crippen molar-refractivity contribution in [1.82, 2.24) is 15.0 Å². The Balaban J connectivity index is 1.63. The largest absolute Gasteiger partial charge is 0.367 e. The molecule has 1 aliphatic heterocycles. The minimum absolute atomic E-state index is 0.141. The van der Waals surface area contributed by atoms with Gasteiger partial charge >= 0.3 is 0 Å². The summed E-state index contributed by atoms with van der Waals surface area (Å²) in [5.41, 5.74) is 0. The lowest BCUT2D eigenvalue weighted by molar-refractivity contribution is -0.119. The molecule has 1 aromatic rings. The number of morpholine rings is 1. The van der Waals surface area contributed by atoms with Crippen LogP contribution in [0, 0.1) is 5.92 Å². The lowest BCUT2D eigenvalue weighted by Crippen LogP contribution is -2.35. The van der Waals surface area contributed by atoms with Gasteiger partial charge in [-0.2, -0.15) is 4.98 Å². The van der Waals surface area contributed by atoms with Crippen molar-refractivity contribution in [2.45, 2.75) is 25.4 Å². The summed E-state index contributed by atoms with van der Waals surface area (Å²) in [6.07, 6.45) is 2.14. The summed E-state index contributed by atoms with van der Waals surface area (Å²) in [6, 6.07) is 0. The molecule has 2 fully saturated rings. The van der Waals surface area contributed by atoms with Crippen LogP contribution in [0.5, 0.6) is 0 Å². The topological polar surface area (TPSA) is 68.5 Å². The summed E-state index contributed by atoms with van der Waals surface area (Å²) >= 11 is 0. The molecular weight excluding hydrogens is 234 g/mol. The van der Waals surface area contributed by atoms with Crippen LogP contribution in [0.1, 0.15) is 30.7 Å². The predicted octanol–water partition coefficient (Wildman–Crippen LogP) is 0.594. The first-order chi connectivity index (χ1) is 8.72. The van der Waals surface area contributed by atoms with Crippen molar-refractivity contribution in [3.63, 3.8) is 0 Å². The maximum Gasteiger partial charge on any atom is 0.234 e. The number of aromatic nitrogens is 2. The molecule has 2 heterocycles. The minimum Gasteiger partial charge on any atom is -0.367 e. The molecule has 0 aromatic carbocycles. The van der Waals surface area contributed by atoms with Crippen LogP contribution in [0.15, 0.2) is 4.52 Å². The highest BCUT2D eigenvalue weighted by atomic mass is 16.5. The molecule has 1 saturated heterocycles. The number of ketones is 1. The number of carbonyl (C=O) groups is 1. The number of carbonyl (C=O) groups excluding carboxylic acids is 1. The van der Waals surface area contributed by atoms with E-state index in [1.165, 1.54) is 0 Å². The lowest BCUT2D eigenvalue weighted by atomic mass is 10.2. The zero-order valence-electron chi connectivity index (χ0n) is 10.5. The summed E-state index contributed by atoms with van der Waals surface area (Å²) in [6.45, 7) is 2.35. The molecule has 0 N–H and O–H groups in total. The van der Waals surface area contributed by atoms with E-state index in [1.807, 2.05) is 7.05 Å². The SMILES string of the molecule is CN1CCOC(c2noc(CC(=O)C3CC3)n2)C1. The Hall–Kier alpha value is -1.27. The zero-order chi connectivity index (χ0) is 12.5. The fraction of sp³-hybridized carbons (Fsp3) is 0.750. The number of Topliss-reactive ketones (excluding diaryl/α,β-unsaturated/α-hetero) is 1. The van der Waals surface area contributed by atoms with Crippen molar-refractivity contribution in [3.05, 3.63) is 11.7 Å². The summed E-state index contributed by atoms with van der Waals surface area (Å²) in [5, 5.41) is 3.92. The van der Waals surface area contributed by atoms with E-state index >= 15 is 0 Å². The van der Waals surface area contributed by atoms with Crippen molar-refractivity contribution in [2.75, 3.05) is 26.7 Å². The number of hydrogen-bond donors (Lipinski definition) is 0. The van der Waals surface area contributed by atoms with Gasteiger partial charge in [-0.25, -0.2) is 0 Å². The van der Waals surface area contributed by atoms with E-state index in [0.717, 1.165) is 25.9 Å². The molecule has 0 amide bonds. The van der Waals surface area contributed by atoms with E-state index in [2.05, 4.69) is 15.0 Å². The normalized spacial score (nSPS) is 25.3. The van der Waals surface area contributed by atoms with Gasteiger partial charge < -0.3 is 14.2 Å². The third kappa shape index (κ3) is 2.59. The van der Waals surface area contributed by atoms with Gasteiger partial charge in [-0.15, -0.1) is 0 Å². The van der Waals surface area contributed by atoms with E-state index in [4.69, 9.17) is 9.26 Å². The van der Waals surface area contributed by atoms with E-state index < -0.39 is 0 Å². The number of hydrogen-bond acceptors (Lipinski definition) is 6. The fourth-order valence-electron chi connectivity index (χ4n) is 2.10. The summed E-state index contributed by atoms with van der Waals surface area (Å²) < 4.78 is 10.7. The zero-order valence-corrected chi connectivity index (χ0v) is 10.5. The van der Waals surface area contributed by atoms with Gasteiger partial charge in [-0.3, -0.25) is 4.79 Å². The standard InChI is InChI=1S/C12H17N3O3/c1-15-4-5-17-10(7-15)12-13-11(18-14-12)6-9(16)8-2-3-8/h8,10H,2-7H2,1H3. The molecule has 6 nitrogen and oxygen atoms in total. The van der Waals surface area contributed by atoms with Gasteiger partial charge in [0.1, 0.15) is 11.9 Å². The summed E-state index contributed by atoms with van der Waals surface area (Å²) in [7, 11) is 2.03. The fourth-order valence-corrected chi connectivity index (χ4v) is 2.10. The molecule has 1 unspecified atom stereocenters. The first-order valence-corrected chi connectivity index (χ1v) is 6.37. The first kappa shape index (κ1) is 11.8. The van der Waals surface area contributed by atoms with Crippen LogP contribution in [0.4, 0.5) is 0 Å². The second kappa shape index (κ2) is 4.78. The Bertz CT molecular complexity index is 442. The third-order valence-electron chi connectivity index (χ3n) is 3.40. The Kier molecular flexibility index (Phi) is 3.13. The molecule has 1 saturated carbocycles. The number of nitrogens with zero attached hydrogens (tertiary/aromatic N) is 3. The highest BCUT2D eigenvalue weighted by molar-refractivity contribution is 5.84. The van der Waals surface area contributed by atoms with Crippen molar-refractivity contribution in [2.24, 2.45) is 5.92 Å². The summed E-state index contributed by atoms with van der Waals surface area (Å²) in [4.78, 5) is 18.1. The monoisotopic (exact) mass is 251 g/mol. The van der Waals surface area contributed by atoms with Crippen molar-refractivity contribution in [3.8, 4) is 0 Å². The van der Waals surface area contributed by atoms with Crippen LogP contribution in [-0.4, -0.2) is 47.6 Å². The Morgan fingerprint density at radius 3 is 3.06 bits per heavy atom. The molecule has 18 heavy (non-hydrogen) atoms. The molecule has 1 atom stereocenters. The highest BCUT2D eigenvalue weighted by Gasteiger charge is 2.31. The molecular formula is C12H17N3O3. The first-order valence-electron chi connectivity index (χ1n) is 6.37. The van der Waals surface area contributed by atoms with Gasteiger partial charge in [0.15, 0.2) is 0 Å². The van der Waals surface area contributed by atoms with E-state index in [9.17, 15) is 4.79 Å². The lowest BCUT2D eigenvalue weighted by Gasteiger charge is -2.27. The van der Waals surface area contributed by atoms with E-state index in [0.29, 0.717) is 18.3 Å². The molecule has 98 valence electrons. The van der Waals surface area contributed by atoms with Crippen molar-refractivity contribution in [1.29, 1.82) is 0 Å². The van der Waals surface area contributed by atoms with Crippen LogP contribution in [0.3, 0.4) is 0 Å². The highest BCUT2D eigenvalue weighted by Crippen LogP contribution is 2.30. The minimum atomic E-state index is -0.141. The molecule has 0 spiro atoms. The second-order valence-corrected chi connectivity index (χ2v) is 5.09. The van der Waals surface area contributed by atoms with Gasteiger partial charge in [-0.1, -0.05) is 5.16 Å². The molecule has 2 aliphatic rings. The maximum atomic E-state index is 11.6. The van der Waals surface area contributed by atoms with Gasteiger partial charge in [0, 0.05) is 19.0 Å². The average molecular weight is 251 g/mol. The third-order valence-corrected chi connectivity index (χ3v) is 3.40. The molecule has 1 aliphatic carbocycles. The van der Waals surface area contributed by atoms with Crippen LogP contribution in [-0.2, 0) is 16.0 Å². The van der Waals surface area contributed by atoms with Crippen LogP contribution in [0.25, 0.3) is 0 Å².